The molecule has 2 aromatic rings. The maximum Gasteiger partial charge on any atom is 0.328 e. The van der Waals surface area contributed by atoms with Crippen LogP contribution >= 0.6 is 11.6 Å². The highest BCUT2D eigenvalue weighted by Gasteiger charge is 2.43. The van der Waals surface area contributed by atoms with E-state index in [4.69, 9.17) is 11.6 Å². The SMILES string of the molecule is Cc1[nH][nH]c(=O)c1C(c1ccc(Cl)cc1)C1C(=O)NC(=O)NC1=O. The van der Waals surface area contributed by atoms with Gasteiger partial charge in [0.05, 0.1) is 0 Å². The number of aryl methyl sites for hydroxylation is 1. The van der Waals surface area contributed by atoms with E-state index in [-0.39, 0.29) is 5.56 Å². The molecule has 1 fully saturated rings. The molecule has 2 heterocycles. The van der Waals surface area contributed by atoms with E-state index in [1.54, 1.807) is 31.2 Å². The van der Waals surface area contributed by atoms with E-state index >= 15 is 0 Å². The first-order valence-corrected chi connectivity index (χ1v) is 7.44. The number of carbonyl (C=O) groups excluding carboxylic acids is 3. The Morgan fingerprint density at radius 3 is 2.04 bits per heavy atom. The number of aromatic amines is 2. The summed E-state index contributed by atoms with van der Waals surface area (Å²) in [4.78, 5) is 48.0. The first-order valence-electron chi connectivity index (χ1n) is 7.06. The highest BCUT2D eigenvalue weighted by atomic mass is 35.5. The molecular weight excluding hydrogens is 336 g/mol. The Morgan fingerprint density at radius 1 is 0.958 bits per heavy atom. The second-order valence-electron chi connectivity index (χ2n) is 5.43. The predicted molar refractivity (Wildman–Crippen MR) is 84.6 cm³/mol. The van der Waals surface area contributed by atoms with Crippen LogP contribution in [0.5, 0.6) is 0 Å². The van der Waals surface area contributed by atoms with E-state index in [0.717, 1.165) is 0 Å². The molecule has 4 N–H and O–H groups in total. The minimum absolute atomic E-state index is 0.252. The number of halogens is 1. The van der Waals surface area contributed by atoms with Crippen LogP contribution in [0.15, 0.2) is 29.1 Å². The first kappa shape index (κ1) is 16.0. The van der Waals surface area contributed by atoms with E-state index in [1.807, 2.05) is 0 Å². The molecule has 0 spiro atoms. The van der Waals surface area contributed by atoms with Crippen LogP contribution in [0.25, 0.3) is 0 Å². The highest BCUT2D eigenvalue weighted by Crippen LogP contribution is 2.33. The molecule has 0 bridgehead atoms. The summed E-state index contributed by atoms with van der Waals surface area (Å²) in [6, 6.07) is 5.59. The third-order valence-electron chi connectivity index (χ3n) is 3.92. The van der Waals surface area contributed by atoms with Crippen molar-refractivity contribution in [2.24, 2.45) is 5.92 Å². The lowest BCUT2D eigenvalue weighted by atomic mass is 9.79. The lowest BCUT2D eigenvalue weighted by molar-refractivity contribution is -0.136. The van der Waals surface area contributed by atoms with Crippen molar-refractivity contribution in [3.05, 3.63) is 56.5 Å². The fourth-order valence-electron chi connectivity index (χ4n) is 2.86. The van der Waals surface area contributed by atoms with Gasteiger partial charge in [-0.25, -0.2) is 4.79 Å². The Labute approximate surface area is 140 Å². The first-order chi connectivity index (χ1) is 11.4. The Hall–Kier alpha value is -2.87. The monoisotopic (exact) mass is 348 g/mol. The maximum absolute atomic E-state index is 12.3. The standard InChI is InChI=1S/C15H13ClN4O4/c1-6-9(14(23)20-19-6)10(7-2-4-8(16)5-3-7)11-12(21)17-15(24)18-13(11)22/h2-5,10-11H,1H3,(H2,19,20,23)(H2,17,18,21,22,24). The number of nitrogens with one attached hydrogen (secondary N) is 4. The van der Waals surface area contributed by atoms with Crippen molar-refractivity contribution in [1.82, 2.24) is 20.8 Å². The molecule has 24 heavy (non-hydrogen) atoms. The highest BCUT2D eigenvalue weighted by molar-refractivity contribution is 6.30. The summed E-state index contributed by atoms with van der Waals surface area (Å²) >= 11 is 5.89. The van der Waals surface area contributed by atoms with Gasteiger partial charge in [-0.3, -0.25) is 30.1 Å². The van der Waals surface area contributed by atoms with Crippen LogP contribution in [-0.2, 0) is 9.59 Å². The van der Waals surface area contributed by atoms with Gasteiger partial charge in [-0.05, 0) is 24.6 Å². The lowest BCUT2D eigenvalue weighted by Crippen LogP contribution is -2.57. The van der Waals surface area contributed by atoms with Crippen LogP contribution in [0.4, 0.5) is 4.79 Å². The normalized spacial score (nSPS) is 16.7. The Balaban J connectivity index is 2.17. The molecule has 1 atom stereocenters. The number of barbiturate groups is 1. The molecule has 1 aliphatic heterocycles. The average Bonchev–Trinajstić information content (AvgIpc) is 2.83. The van der Waals surface area contributed by atoms with Crippen molar-refractivity contribution in [3.63, 3.8) is 0 Å². The van der Waals surface area contributed by atoms with E-state index < -0.39 is 35.2 Å². The van der Waals surface area contributed by atoms with Crippen LogP contribution in [0, 0.1) is 12.8 Å². The summed E-state index contributed by atoms with van der Waals surface area (Å²) in [6.45, 7) is 1.65. The minimum atomic E-state index is -1.26. The number of rotatable bonds is 3. The van der Waals surface area contributed by atoms with Crippen molar-refractivity contribution in [2.75, 3.05) is 0 Å². The summed E-state index contributed by atoms with van der Waals surface area (Å²) in [5, 5.41) is 9.73. The molecule has 3 rings (SSSR count). The molecule has 8 nitrogen and oxygen atoms in total. The van der Waals surface area contributed by atoms with E-state index in [0.29, 0.717) is 16.3 Å². The van der Waals surface area contributed by atoms with Gasteiger partial charge in [0, 0.05) is 22.2 Å². The molecule has 1 aromatic carbocycles. The quantitative estimate of drug-likeness (QED) is 0.612. The largest absolute Gasteiger partial charge is 0.328 e. The number of amides is 4. The van der Waals surface area contributed by atoms with Crippen molar-refractivity contribution in [3.8, 4) is 0 Å². The van der Waals surface area contributed by atoms with Crippen molar-refractivity contribution in [1.29, 1.82) is 0 Å². The van der Waals surface area contributed by atoms with Crippen molar-refractivity contribution >= 4 is 29.4 Å². The fraction of sp³-hybridized carbons (Fsp3) is 0.200. The zero-order chi connectivity index (χ0) is 17.4. The number of H-pyrrole nitrogens is 2. The smallest absolute Gasteiger partial charge is 0.302 e. The van der Waals surface area contributed by atoms with Gasteiger partial charge in [0.15, 0.2) is 0 Å². The zero-order valence-electron chi connectivity index (χ0n) is 12.5. The summed E-state index contributed by atoms with van der Waals surface area (Å²) < 4.78 is 0. The van der Waals surface area contributed by atoms with Gasteiger partial charge in [-0.2, -0.15) is 0 Å². The molecule has 0 radical (unpaired) electrons. The molecule has 124 valence electrons. The van der Waals surface area contributed by atoms with Gasteiger partial charge < -0.3 is 5.10 Å². The molecule has 0 aliphatic carbocycles. The van der Waals surface area contributed by atoms with Crippen LogP contribution in [-0.4, -0.2) is 28.0 Å². The van der Waals surface area contributed by atoms with E-state index in [1.165, 1.54) is 0 Å². The van der Waals surface area contributed by atoms with E-state index in [2.05, 4.69) is 20.8 Å². The Bertz CT molecular complexity index is 864. The number of hydrogen-bond donors (Lipinski definition) is 4. The van der Waals surface area contributed by atoms with Gasteiger partial charge in [0.1, 0.15) is 5.92 Å². The van der Waals surface area contributed by atoms with Gasteiger partial charge in [0.2, 0.25) is 11.8 Å². The number of hydrogen-bond acceptors (Lipinski definition) is 4. The van der Waals surface area contributed by atoms with Crippen LogP contribution in [0.3, 0.4) is 0 Å². The second-order valence-corrected chi connectivity index (χ2v) is 5.87. The zero-order valence-corrected chi connectivity index (χ0v) is 13.2. The predicted octanol–water partition coefficient (Wildman–Crippen LogP) is 0.779. The molecule has 4 amide bonds. The van der Waals surface area contributed by atoms with Crippen molar-refractivity contribution in [2.45, 2.75) is 12.8 Å². The Kier molecular flexibility index (Phi) is 3.98. The molecular formula is C15H13ClN4O4. The second kappa shape index (κ2) is 5.97. The van der Waals surface area contributed by atoms with E-state index in [9.17, 15) is 19.2 Å². The number of benzene rings is 1. The molecule has 1 unspecified atom stereocenters. The number of imide groups is 2. The Morgan fingerprint density at radius 2 is 1.54 bits per heavy atom. The minimum Gasteiger partial charge on any atom is -0.302 e. The average molecular weight is 349 g/mol. The molecule has 1 aromatic heterocycles. The molecule has 0 saturated carbocycles. The number of aromatic nitrogens is 2. The lowest BCUT2D eigenvalue weighted by Gasteiger charge is -2.28. The topological polar surface area (TPSA) is 124 Å². The van der Waals surface area contributed by atoms with Crippen LogP contribution in [0.1, 0.15) is 22.7 Å². The summed E-state index contributed by atoms with van der Waals surface area (Å²) in [5.74, 6) is -3.66. The molecule has 1 saturated heterocycles. The fourth-order valence-corrected chi connectivity index (χ4v) is 2.98. The third kappa shape index (κ3) is 2.71. The molecule has 9 heteroatoms. The van der Waals surface area contributed by atoms with Crippen LogP contribution in [0.2, 0.25) is 5.02 Å². The number of urea groups is 1. The van der Waals surface area contributed by atoms with Gasteiger partial charge in [-0.15, -0.1) is 0 Å². The summed E-state index contributed by atoms with van der Waals surface area (Å²) in [7, 11) is 0. The van der Waals surface area contributed by atoms with Crippen molar-refractivity contribution < 1.29 is 14.4 Å². The summed E-state index contributed by atoms with van der Waals surface area (Å²) in [6.07, 6.45) is 0. The van der Waals surface area contributed by atoms with Gasteiger partial charge in [0.25, 0.3) is 5.56 Å². The number of carbonyl (C=O) groups is 3. The van der Waals surface area contributed by atoms with Gasteiger partial charge in [-0.1, -0.05) is 23.7 Å². The third-order valence-corrected chi connectivity index (χ3v) is 4.18. The maximum atomic E-state index is 12.3. The van der Waals surface area contributed by atoms with Gasteiger partial charge >= 0.3 is 6.03 Å². The molecule has 1 aliphatic rings. The van der Waals surface area contributed by atoms with Crippen LogP contribution < -0.4 is 16.2 Å². The summed E-state index contributed by atoms with van der Waals surface area (Å²) in [5.41, 5.74) is 0.863.